The van der Waals surface area contributed by atoms with Gasteiger partial charge in [0.05, 0.1) is 6.54 Å². The summed E-state index contributed by atoms with van der Waals surface area (Å²) in [5.74, 6) is -3.96. The maximum absolute atomic E-state index is 14.4. The molecule has 1 saturated heterocycles. The molecule has 0 aromatic rings. The van der Waals surface area contributed by atoms with Gasteiger partial charge in [0.15, 0.2) is 0 Å². The lowest BCUT2D eigenvalue weighted by Gasteiger charge is -2.43. The summed E-state index contributed by atoms with van der Waals surface area (Å²) >= 11 is 0. The average molecular weight is 269 g/mol. The Bertz CT molecular complexity index is 404. The summed E-state index contributed by atoms with van der Waals surface area (Å²) in [6.07, 6.45) is -4.16. The zero-order chi connectivity index (χ0) is 13.8. The molecule has 1 N–H and O–H groups in total. The Labute approximate surface area is 99.6 Å². The standard InChI is InChI=1S/C10H11F4NO3/c11-9(7(17)18)5-15(6(16)10(12,13)14)4-8(9)2-1-3-8/h1-5H2,(H,17,18). The molecule has 0 aromatic carbocycles. The van der Waals surface area contributed by atoms with Gasteiger partial charge in [-0.05, 0) is 12.8 Å². The van der Waals surface area contributed by atoms with Crippen molar-refractivity contribution in [2.45, 2.75) is 31.1 Å². The van der Waals surface area contributed by atoms with Crippen LogP contribution in [0.2, 0.25) is 0 Å². The molecule has 0 aromatic heterocycles. The number of aliphatic carboxylic acids is 1. The molecule has 2 rings (SSSR count). The molecule has 0 bridgehead atoms. The Kier molecular flexibility index (Phi) is 2.61. The second-order valence-corrected chi connectivity index (χ2v) is 4.90. The van der Waals surface area contributed by atoms with E-state index in [0.717, 1.165) is 0 Å². The molecule has 0 radical (unpaired) electrons. The summed E-state index contributed by atoms with van der Waals surface area (Å²) in [5, 5.41) is 8.88. The predicted octanol–water partition coefficient (Wildman–Crippen LogP) is 1.35. The van der Waals surface area contributed by atoms with Gasteiger partial charge in [-0.25, -0.2) is 9.18 Å². The molecule has 102 valence electrons. The minimum Gasteiger partial charge on any atom is -0.479 e. The first kappa shape index (κ1) is 13.1. The van der Waals surface area contributed by atoms with Crippen LogP contribution in [0.25, 0.3) is 0 Å². The Morgan fingerprint density at radius 2 is 1.72 bits per heavy atom. The van der Waals surface area contributed by atoms with Crippen molar-refractivity contribution in [1.82, 2.24) is 4.90 Å². The van der Waals surface area contributed by atoms with Crippen LogP contribution in [-0.2, 0) is 9.59 Å². The lowest BCUT2D eigenvalue weighted by atomic mass is 9.61. The first-order valence-electron chi connectivity index (χ1n) is 5.41. The number of hydrogen-bond acceptors (Lipinski definition) is 2. The lowest BCUT2D eigenvalue weighted by Crippen LogP contribution is -2.53. The van der Waals surface area contributed by atoms with E-state index in [1.54, 1.807) is 0 Å². The highest BCUT2D eigenvalue weighted by Crippen LogP contribution is 2.56. The Balaban J connectivity index is 2.27. The summed E-state index contributed by atoms with van der Waals surface area (Å²) in [6.45, 7) is -1.51. The normalized spacial score (nSPS) is 30.3. The highest BCUT2D eigenvalue weighted by atomic mass is 19.4. The van der Waals surface area contributed by atoms with Crippen molar-refractivity contribution >= 4 is 11.9 Å². The minimum absolute atomic E-state index is 0.192. The number of halogens is 4. The number of carboxylic acid groups (broad SMARTS) is 1. The molecule has 8 heteroatoms. The molecule has 2 aliphatic rings. The minimum atomic E-state index is -5.10. The third-order valence-electron chi connectivity index (χ3n) is 3.92. The summed E-state index contributed by atoms with van der Waals surface area (Å²) in [5.41, 5.74) is -4.12. The van der Waals surface area contributed by atoms with Crippen molar-refractivity contribution < 1.29 is 32.3 Å². The number of carboxylic acids is 1. The van der Waals surface area contributed by atoms with Crippen LogP contribution in [0.5, 0.6) is 0 Å². The van der Waals surface area contributed by atoms with Crippen molar-refractivity contribution in [3.63, 3.8) is 0 Å². The van der Waals surface area contributed by atoms with Crippen LogP contribution in [0.3, 0.4) is 0 Å². The molecule has 18 heavy (non-hydrogen) atoms. The number of likely N-dealkylation sites (tertiary alicyclic amines) is 1. The number of amides is 1. The Hall–Kier alpha value is -1.34. The van der Waals surface area contributed by atoms with Crippen molar-refractivity contribution in [3.05, 3.63) is 0 Å². The quantitative estimate of drug-likeness (QED) is 0.731. The fourth-order valence-corrected chi connectivity index (χ4v) is 2.75. The lowest BCUT2D eigenvalue weighted by molar-refractivity contribution is -0.185. The highest BCUT2D eigenvalue weighted by molar-refractivity contribution is 5.86. The second kappa shape index (κ2) is 3.58. The maximum Gasteiger partial charge on any atom is 0.471 e. The van der Waals surface area contributed by atoms with E-state index in [9.17, 15) is 27.2 Å². The van der Waals surface area contributed by atoms with Crippen molar-refractivity contribution in [1.29, 1.82) is 0 Å². The van der Waals surface area contributed by atoms with Crippen molar-refractivity contribution in [2.75, 3.05) is 13.1 Å². The number of alkyl halides is 4. The topological polar surface area (TPSA) is 57.6 Å². The summed E-state index contributed by atoms with van der Waals surface area (Å²) < 4.78 is 51.2. The van der Waals surface area contributed by atoms with Crippen LogP contribution in [-0.4, -0.2) is 46.8 Å². The van der Waals surface area contributed by atoms with Crippen LogP contribution in [0.1, 0.15) is 19.3 Å². The van der Waals surface area contributed by atoms with E-state index in [0.29, 0.717) is 6.42 Å². The van der Waals surface area contributed by atoms with Crippen molar-refractivity contribution in [2.24, 2.45) is 5.41 Å². The van der Waals surface area contributed by atoms with Gasteiger partial charge in [-0.2, -0.15) is 13.2 Å². The zero-order valence-corrected chi connectivity index (χ0v) is 9.26. The van der Waals surface area contributed by atoms with Crippen LogP contribution in [0, 0.1) is 5.41 Å². The number of nitrogens with zero attached hydrogens (tertiary/aromatic N) is 1. The van der Waals surface area contributed by atoms with Gasteiger partial charge >= 0.3 is 18.1 Å². The van der Waals surface area contributed by atoms with E-state index in [1.165, 1.54) is 0 Å². The molecule has 4 nitrogen and oxygen atoms in total. The first-order valence-corrected chi connectivity index (χ1v) is 5.41. The van der Waals surface area contributed by atoms with Gasteiger partial charge in [0.2, 0.25) is 5.67 Å². The maximum atomic E-state index is 14.4. The molecule has 1 aliphatic heterocycles. The van der Waals surface area contributed by atoms with E-state index in [-0.39, 0.29) is 17.7 Å². The molecule has 1 saturated carbocycles. The van der Waals surface area contributed by atoms with Gasteiger partial charge < -0.3 is 10.0 Å². The number of carbonyl (C=O) groups excluding carboxylic acids is 1. The molecular weight excluding hydrogens is 258 g/mol. The van der Waals surface area contributed by atoms with Gasteiger partial charge in [-0.3, -0.25) is 4.79 Å². The third kappa shape index (κ3) is 1.58. The van der Waals surface area contributed by atoms with Crippen LogP contribution >= 0.6 is 0 Å². The van der Waals surface area contributed by atoms with Gasteiger partial charge in [0, 0.05) is 12.0 Å². The summed E-state index contributed by atoms with van der Waals surface area (Å²) in [6, 6.07) is 0. The first-order chi connectivity index (χ1) is 8.12. The SMILES string of the molecule is O=C(N1CC2(CCC2)C(F)(C(=O)O)C1)C(F)(F)F. The fourth-order valence-electron chi connectivity index (χ4n) is 2.75. The second-order valence-electron chi connectivity index (χ2n) is 4.90. The van der Waals surface area contributed by atoms with E-state index in [2.05, 4.69) is 0 Å². The third-order valence-corrected chi connectivity index (χ3v) is 3.92. The van der Waals surface area contributed by atoms with Crippen LogP contribution in [0.15, 0.2) is 0 Å². The van der Waals surface area contributed by atoms with Gasteiger partial charge in [0.25, 0.3) is 0 Å². The average Bonchev–Trinajstić information content (AvgIpc) is 2.50. The predicted molar refractivity (Wildman–Crippen MR) is 50.4 cm³/mol. The van der Waals surface area contributed by atoms with Crippen LogP contribution in [0.4, 0.5) is 17.6 Å². The Morgan fingerprint density at radius 1 is 1.17 bits per heavy atom. The molecule has 1 heterocycles. The highest BCUT2D eigenvalue weighted by Gasteiger charge is 2.68. The molecule has 2 fully saturated rings. The molecule has 1 unspecified atom stereocenters. The fraction of sp³-hybridized carbons (Fsp3) is 0.800. The van der Waals surface area contributed by atoms with E-state index in [1.807, 2.05) is 0 Å². The van der Waals surface area contributed by atoms with Crippen molar-refractivity contribution in [3.8, 4) is 0 Å². The molecule has 1 aliphatic carbocycles. The van der Waals surface area contributed by atoms with E-state index >= 15 is 0 Å². The summed E-state index contributed by atoms with van der Waals surface area (Å²) in [4.78, 5) is 22.3. The monoisotopic (exact) mass is 269 g/mol. The molecular formula is C10H11F4NO3. The summed E-state index contributed by atoms with van der Waals surface area (Å²) in [7, 11) is 0. The van der Waals surface area contributed by atoms with E-state index < -0.39 is 42.2 Å². The molecule has 1 atom stereocenters. The van der Waals surface area contributed by atoms with Crippen LogP contribution < -0.4 is 0 Å². The number of hydrogen-bond donors (Lipinski definition) is 1. The number of rotatable bonds is 1. The largest absolute Gasteiger partial charge is 0.479 e. The Morgan fingerprint density at radius 3 is 2.00 bits per heavy atom. The zero-order valence-electron chi connectivity index (χ0n) is 9.26. The van der Waals surface area contributed by atoms with E-state index in [4.69, 9.17) is 5.11 Å². The van der Waals surface area contributed by atoms with Gasteiger partial charge in [-0.1, -0.05) is 6.42 Å². The number of carbonyl (C=O) groups is 2. The van der Waals surface area contributed by atoms with Gasteiger partial charge in [0.1, 0.15) is 0 Å². The van der Waals surface area contributed by atoms with Gasteiger partial charge in [-0.15, -0.1) is 0 Å². The smallest absolute Gasteiger partial charge is 0.471 e. The molecule has 1 amide bonds. The molecule has 1 spiro atoms.